The lowest BCUT2D eigenvalue weighted by molar-refractivity contribution is -0.0612. The monoisotopic (exact) mass is 519 g/mol. The smallest absolute Gasteiger partial charge is 0.247 e. The second-order valence-corrected chi connectivity index (χ2v) is 12.1. The third-order valence-corrected chi connectivity index (χ3v) is 10.2. The van der Waals surface area contributed by atoms with Gasteiger partial charge in [0.05, 0.1) is 34.0 Å². The van der Waals surface area contributed by atoms with Gasteiger partial charge in [0.15, 0.2) is 11.4 Å². The third-order valence-electron chi connectivity index (χ3n) is 7.52. The van der Waals surface area contributed by atoms with Crippen LogP contribution < -0.4 is 0 Å². The number of halogens is 1. The fourth-order valence-electron chi connectivity index (χ4n) is 5.30. The Labute approximate surface area is 211 Å². The lowest BCUT2D eigenvalue weighted by Gasteiger charge is -2.40. The van der Waals surface area contributed by atoms with Crippen LogP contribution in [-0.2, 0) is 20.6 Å². The summed E-state index contributed by atoms with van der Waals surface area (Å²) in [5.41, 5.74) is 2.90. The maximum atomic E-state index is 13.8. The number of rotatable bonds is 3. The molecule has 1 spiro atoms. The van der Waals surface area contributed by atoms with Crippen LogP contribution in [0.5, 0.6) is 0 Å². The van der Waals surface area contributed by atoms with Crippen LogP contribution in [0.15, 0.2) is 70.4 Å². The number of sulfonamides is 1. The first-order valence-corrected chi connectivity index (χ1v) is 13.3. The Balaban J connectivity index is 1.36. The van der Waals surface area contributed by atoms with E-state index in [1.54, 1.807) is 19.4 Å². The number of imidazole rings is 1. The zero-order chi connectivity index (χ0) is 25.6. The van der Waals surface area contributed by atoms with Crippen molar-refractivity contribution < 1.29 is 22.2 Å². The molecule has 4 heterocycles. The topological polar surface area (TPSA) is 103 Å². The summed E-state index contributed by atoms with van der Waals surface area (Å²) in [6.45, 7) is 3.56. The molecular formula is C26H22FN5O4S. The summed E-state index contributed by atoms with van der Waals surface area (Å²) in [4.78, 5) is 10.1. The fourth-order valence-corrected chi connectivity index (χ4v) is 7.62. The number of hydrogen-bond donors (Lipinski definition) is 0. The van der Waals surface area contributed by atoms with E-state index >= 15 is 0 Å². The van der Waals surface area contributed by atoms with E-state index in [-0.39, 0.29) is 5.84 Å². The molecule has 1 saturated heterocycles. The van der Waals surface area contributed by atoms with Crippen LogP contribution in [0.2, 0.25) is 0 Å². The van der Waals surface area contributed by atoms with E-state index in [1.165, 1.54) is 28.6 Å². The van der Waals surface area contributed by atoms with E-state index in [4.69, 9.17) is 9.36 Å². The molecule has 7 rings (SSSR count). The average Bonchev–Trinajstić information content (AvgIpc) is 3.20. The SMILES string of the molecule is Cc1cn(-c2ccc(/C=C3\CC4(CC4)S(=O)(=O)N4C3=NOC4(C)c3ccc(F)cc3)c3cnoc23)cn1. The van der Waals surface area contributed by atoms with Gasteiger partial charge in [-0.15, -0.1) is 0 Å². The van der Waals surface area contributed by atoms with E-state index in [1.807, 2.05) is 35.9 Å². The molecule has 9 nitrogen and oxygen atoms in total. The second kappa shape index (κ2) is 7.28. The molecule has 1 unspecified atom stereocenters. The summed E-state index contributed by atoms with van der Waals surface area (Å²) in [5.74, 6) is -0.178. The minimum Gasteiger partial charge on any atom is -0.359 e. The van der Waals surface area contributed by atoms with Crippen molar-refractivity contribution in [1.29, 1.82) is 0 Å². The van der Waals surface area contributed by atoms with Crippen molar-refractivity contribution in [3.63, 3.8) is 0 Å². The third kappa shape index (κ3) is 3.06. The molecule has 0 radical (unpaired) electrons. The van der Waals surface area contributed by atoms with Gasteiger partial charge in [0, 0.05) is 24.3 Å². The second-order valence-electron chi connectivity index (χ2n) is 9.96. The average molecular weight is 520 g/mol. The van der Waals surface area contributed by atoms with E-state index in [0.717, 1.165) is 27.9 Å². The number of fused-ring (bicyclic) bond motifs is 2. The number of oxime groups is 1. The van der Waals surface area contributed by atoms with Crippen molar-refractivity contribution in [3.8, 4) is 5.69 Å². The molecule has 1 saturated carbocycles. The molecule has 1 atom stereocenters. The zero-order valence-corrected chi connectivity index (χ0v) is 20.9. The lowest BCUT2D eigenvalue weighted by Crippen LogP contribution is -2.55. The first kappa shape index (κ1) is 22.2. The fraction of sp³-hybridized carbons (Fsp3) is 0.269. The van der Waals surface area contributed by atoms with Crippen LogP contribution in [0, 0.1) is 12.7 Å². The Morgan fingerprint density at radius 2 is 1.92 bits per heavy atom. The van der Waals surface area contributed by atoms with Crippen molar-refractivity contribution >= 4 is 32.9 Å². The van der Waals surface area contributed by atoms with Crippen molar-refractivity contribution in [2.45, 2.75) is 43.6 Å². The van der Waals surface area contributed by atoms with Gasteiger partial charge in [-0.1, -0.05) is 28.5 Å². The Kier molecular flexibility index (Phi) is 4.38. The Morgan fingerprint density at radius 3 is 2.62 bits per heavy atom. The normalized spacial score (nSPS) is 24.4. The molecule has 1 aliphatic carbocycles. The number of hydrogen-bond acceptors (Lipinski definition) is 7. The maximum absolute atomic E-state index is 13.8. The van der Waals surface area contributed by atoms with Gasteiger partial charge in [0.1, 0.15) is 5.82 Å². The summed E-state index contributed by atoms with van der Waals surface area (Å²) in [6.07, 6.45) is 8.62. The van der Waals surface area contributed by atoms with E-state index in [2.05, 4.69) is 15.3 Å². The molecular weight excluding hydrogens is 497 g/mol. The molecule has 2 fully saturated rings. The summed E-state index contributed by atoms with van der Waals surface area (Å²) < 4.78 is 49.1. The minimum atomic E-state index is -3.79. The first-order chi connectivity index (χ1) is 17.7. The highest BCUT2D eigenvalue weighted by atomic mass is 32.2. The van der Waals surface area contributed by atoms with Crippen molar-refractivity contribution in [2.24, 2.45) is 5.16 Å². The molecule has 37 heavy (non-hydrogen) atoms. The Hall–Kier alpha value is -3.99. The number of amidine groups is 1. The standard InChI is InChI=1S/C26H22FN5O4S/c1-16-14-31(15-28-16)22-8-3-17(21-13-29-35-23(21)22)11-18-12-26(9-10-26)37(33,34)32-24(18)30-36-25(32,2)19-4-6-20(27)7-5-19/h3-8,11,13-15H,9-10,12H2,1-2H3/b18-11+. The molecule has 2 aromatic heterocycles. The molecule has 0 N–H and O–H groups in total. The maximum Gasteiger partial charge on any atom is 0.247 e. The van der Waals surface area contributed by atoms with E-state index in [0.29, 0.717) is 30.4 Å². The van der Waals surface area contributed by atoms with Gasteiger partial charge in [-0.25, -0.2) is 22.1 Å². The number of benzene rings is 2. The lowest BCUT2D eigenvalue weighted by atomic mass is 9.99. The summed E-state index contributed by atoms with van der Waals surface area (Å²) >= 11 is 0. The van der Waals surface area contributed by atoms with Crippen LogP contribution in [0.4, 0.5) is 4.39 Å². The molecule has 3 aliphatic rings. The first-order valence-electron chi connectivity index (χ1n) is 11.9. The number of aryl methyl sites for hydroxylation is 1. The summed E-state index contributed by atoms with van der Waals surface area (Å²) in [7, 11) is -3.79. The largest absolute Gasteiger partial charge is 0.359 e. The highest BCUT2D eigenvalue weighted by molar-refractivity contribution is 7.91. The number of nitrogens with zero attached hydrogens (tertiary/aromatic N) is 5. The van der Waals surface area contributed by atoms with E-state index < -0.39 is 26.3 Å². The van der Waals surface area contributed by atoms with Crippen molar-refractivity contribution in [2.75, 3.05) is 0 Å². The van der Waals surface area contributed by atoms with Crippen LogP contribution in [0.1, 0.15) is 43.0 Å². The highest BCUT2D eigenvalue weighted by Crippen LogP contribution is 2.57. The summed E-state index contributed by atoms with van der Waals surface area (Å²) in [5, 5.41) is 9.06. The Morgan fingerprint density at radius 1 is 1.14 bits per heavy atom. The van der Waals surface area contributed by atoms with Gasteiger partial charge in [-0.3, -0.25) is 0 Å². The van der Waals surface area contributed by atoms with Gasteiger partial charge < -0.3 is 13.9 Å². The zero-order valence-electron chi connectivity index (χ0n) is 20.1. The highest BCUT2D eigenvalue weighted by Gasteiger charge is 2.67. The number of aromatic nitrogens is 3. The molecule has 0 bridgehead atoms. The predicted octanol–water partition coefficient (Wildman–Crippen LogP) is 4.63. The summed E-state index contributed by atoms with van der Waals surface area (Å²) in [6, 6.07) is 9.49. The van der Waals surface area contributed by atoms with Gasteiger partial charge in [0.25, 0.3) is 0 Å². The van der Waals surface area contributed by atoms with Gasteiger partial charge in [-0.05, 0) is 56.0 Å². The molecule has 188 valence electrons. The van der Waals surface area contributed by atoms with Crippen LogP contribution in [0.3, 0.4) is 0 Å². The molecule has 11 heteroatoms. The van der Waals surface area contributed by atoms with Crippen LogP contribution in [0.25, 0.3) is 22.7 Å². The predicted molar refractivity (Wildman–Crippen MR) is 133 cm³/mol. The quantitative estimate of drug-likeness (QED) is 0.391. The Bertz CT molecular complexity index is 1750. The minimum absolute atomic E-state index is 0.239. The van der Waals surface area contributed by atoms with Gasteiger partial charge in [-0.2, -0.15) is 0 Å². The molecule has 0 amide bonds. The van der Waals surface area contributed by atoms with Crippen LogP contribution in [-0.4, -0.2) is 38.0 Å². The van der Waals surface area contributed by atoms with Gasteiger partial charge >= 0.3 is 0 Å². The van der Waals surface area contributed by atoms with Crippen molar-refractivity contribution in [3.05, 3.63) is 83.3 Å². The van der Waals surface area contributed by atoms with Crippen molar-refractivity contribution in [1.82, 2.24) is 19.0 Å². The van der Waals surface area contributed by atoms with Gasteiger partial charge in [0.2, 0.25) is 15.7 Å². The van der Waals surface area contributed by atoms with E-state index in [9.17, 15) is 12.8 Å². The van der Waals surface area contributed by atoms with Crippen LogP contribution >= 0.6 is 0 Å². The molecule has 4 aromatic rings. The molecule has 2 aliphatic heterocycles. The molecule has 2 aromatic carbocycles.